The lowest BCUT2D eigenvalue weighted by molar-refractivity contribution is -0.149. The predicted molar refractivity (Wildman–Crippen MR) is 54.2 cm³/mol. The zero-order chi connectivity index (χ0) is 10.4. The molecule has 0 bridgehead atoms. The summed E-state index contributed by atoms with van der Waals surface area (Å²) in [7, 11) is 0. The minimum atomic E-state index is -0.660. The highest BCUT2D eigenvalue weighted by Gasteiger charge is 2.56. The van der Waals surface area contributed by atoms with E-state index >= 15 is 0 Å². The molecule has 0 aromatic rings. The first-order valence-electron chi connectivity index (χ1n) is 5.49. The third kappa shape index (κ3) is 1.34. The van der Waals surface area contributed by atoms with Gasteiger partial charge in [0.1, 0.15) is 5.54 Å². The lowest BCUT2D eigenvalue weighted by atomic mass is 9.75. The SMILES string of the molecule is CC1(C)CCCC1(NC1CC1)C(=O)O. The van der Waals surface area contributed by atoms with E-state index in [-0.39, 0.29) is 5.41 Å². The highest BCUT2D eigenvalue weighted by atomic mass is 16.4. The molecule has 2 aliphatic rings. The van der Waals surface area contributed by atoms with Crippen LogP contribution in [0.5, 0.6) is 0 Å². The summed E-state index contributed by atoms with van der Waals surface area (Å²) in [6, 6.07) is 0.462. The molecule has 1 unspecified atom stereocenters. The summed E-state index contributed by atoms with van der Waals surface area (Å²) < 4.78 is 0. The van der Waals surface area contributed by atoms with Crippen LogP contribution in [0, 0.1) is 5.41 Å². The molecule has 80 valence electrons. The quantitative estimate of drug-likeness (QED) is 0.725. The van der Waals surface area contributed by atoms with E-state index in [0.29, 0.717) is 6.04 Å². The van der Waals surface area contributed by atoms with E-state index in [0.717, 1.165) is 32.1 Å². The first-order chi connectivity index (χ1) is 6.48. The zero-order valence-corrected chi connectivity index (χ0v) is 8.97. The molecule has 3 nitrogen and oxygen atoms in total. The molecular formula is C11H19NO2. The van der Waals surface area contributed by atoms with Crippen molar-refractivity contribution < 1.29 is 9.90 Å². The molecule has 2 saturated carbocycles. The van der Waals surface area contributed by atoms with Gasteiger partial charge in [-0.05, 0) is 31.1 Å². The molecule has 0 aromatic carbocycles. The van der Waals surface area contributed by atoms with E-state index in [2.05, 4.69) is 19.2 Å². The van der Waals surface area contributed by atoms with E-state index in [1.54, 1.807) is 0 Å². The standard InChI is InChI=1S/C11H19NO2/c1-10(2)6-3-7-11(10,9(13)14)12-8-4-5-8/h8,12H,3-7H2,1-2H3,(H,13,14). The first-order valence-corrected chi connectivity index (χ1v) is 5.49. The maximum atomic E-state index is 11.4. The van der Waals surface area contributed by atoms with E-state index in [9.17, 15) is 9.90 Å². The molecule has 1 atom stereocenters. The van der Waals surface area contributed by atoms with Gasteiger partial charge in [-0.3, -0.25) is 10.1 Å². The number of carboxylic acids is 1. The van der Waals surface area contributed by atoms with E-state index in [1.165, 1.54) is 0 Å². The van der Waals surface area contributed by atoms with Crippen molar-refractivity contribution in [3.05, 3.63) is 0 Å². The Morgan fingerprint density at radius 2 is 2.00 bits per heavy atom. The molecular weight excluding hydrogens is 178 g/mol. The zero-order valence-electron chi connectivity index (χ0n) is 8.97. The van der Waals surface area contributed by atoms with Crippen molar-refractivity contribution in [1.29, 1.82) is 0 Å². The van der Waals surface area contributed by atoms with Crippen LogP contribution >= 0.6 is 0 Å². The molecule has 0 amide bonds. The maximum Gasteiger partial charge on any atom is 0.324 e. The Labute approximate surface area is 84.9 Å². The van der Waals surface area contributed by atoms with Crippen LogP contribution in [-0.4, -0.2) is 22.7 Å². The Hall–Kier alpha value is -0.570. The monoisotopic (exact) mass is 197 g/mol. The van der Waals surface area contributed by atoms with Crippen LogP contribution in [0.15, 0.2) is 0 Å². The molecule has 0 aromatic heterocycles. The van der Waals surface area contributed by atoms with Crippen LogP contribution in [0.1, 0.15) is 46.0 Å². The minimum absolute atomic E-state index is 0.110. The number of rotatable bonds is 3. The molecule has 0 aliphatic heterocycles. The molecule has 0 radical (unpaired) electrons. The van der Waals surface area contributed by atoms with Gasteiger partial charge in [0.05, 0.1) is 0 Å². The largest absolute Gasteiger partial charge is 0.480 e. The number of carbonyl (C=O) groups is 1. The van der Waals surface area contributed by atoms with Gasteiger partial charge in [0.15, 0.2) is 0 Å². The Morgan fingerprint density at radius 1 is 1.36 bits per heavy atom. The number of hydrogen-bond donors (Lipinski definition) is 2. The lowest BCUT2D eigenvalue weighted by Gasteiger charge is -2.38. The van der Waals surface area contributed by atoms with Crippen LogP contribution in [0.4, 0.5) is 0 Å². The van der Waals surface area contributed by atoms with Crippen molar-refractivity contribution in [2.45, 2.75) is 57.5 Å². The molecule has 2 N–H and O–H groups in total. The second kappa shape index (κ2) is 2.96. The molecule has 2 aliphatic carbocycles. The Morgan fingerprint density at radius 3 is 2.36 bits per heavy atom. The molecule has 0 heterocycles. The Kier molecular flexibility index (Phi) is 2.11. The maximum absolute atomic E-state index is 11.4. The van der Waals surface area contributed by atoms with E-state index < -0.39 is 11.5 Å². The summed E-state index contributed by atoms with van der Waals surface area (Å²) in [4.78, 5) is 11.4. The fraction of sp³-hybridized carbons (Fsp3) is 0.909. The number of nitrogens with one attached hydrogen (secondary N) is 1. The van der Waals surface area contributed by atoms with Gasteiger partial charge in [-0.1, -0.05) is 20.3 Å². The smallest absolute Gasteiger partial charge is 0.324 e. The number of aliphatic carboxylic acids is 1. The van der Waals surface area contributed by atoms with Gasteiger partial charge in [-0.25, -0.2) is 0 Å². The summed E-state index contributed by atoms with van der Waals surface area (Å²) in [6.07, 6.45) is 5.11. The fourth-order valence-corrected chi connectivity index (χ4v) is 2.65. The lowest BCUT2D eigenvalue weighted by Crippen LogP contribution is -2.59. The second-order valence-corrected chi connectivity index (χ2v) is 5.37. The van der Waals surface area contributed by atoms with Crippen LogP contribution in [0.2, 0.25) is 0 Å². The van der Waals surface area contributed by atoms with Gasteiger partial charge >= 0.3 is 5.97 Å². The van der Waals surface area contributed by atoms with E-state index in [4.69, 9.17) is 0 Å². The third-order valence-corrected chi connectivity index (χ3v) is 3.90. The predicted octanol–water partition coefficient (Wildman–Crippen LogP) is 1.77. The van der Waals surface area contributed by atoms with Crippen molar-refractivity contribution in [2.24, 2.45) is 5.41 Å². The first kappa shape index (κ1) is 9.97. The molecule has 2 rings (SSSR count). The van der Waals surface area contributed by atoms with Gasteiger partial charge in [0, 0.05) is 6.04 Å². The van der Waals surface area contributed by atoms with Crippen LogP contribution < -0.4 is 5.32 Å². The van der Waals surface area contributed by atoms with Crippen molar-refractivity contribution in [1.82, 2.24) is 5.32 Å². The van der Waals surface area contributed by atoms with Crippen molar-refractivity contribution in [3.63, 3.8) is 0 Å². The molecule has 3 heteroatoms. The van der Waals surface area contributed by atoms with Crippen LogP contribution in [-0.2, 0) is 4.79 Å². The van der Waals surface area contributed by atoms with Crippen molar-refractivity contribution in [3.8, 4) is 0 Å². The van der Waals surface area contributed by atoms with Gasteiger partial charge < -0.3 is 5.11 Å². The highest BCUT2D eigenvalue weighted by Crippen LogP contribution is 2.47. The molecule has 0 spiro atoms. The van der Waals surface area contributed by atoms with Gasteiger partial charge in [0.2, 0.25) is 0 Å². The summed E-state index contributed by atoms with van der Waals surface area (Å²) in [5, 5.41) is 12.8. The normalized spacial score (nSPS) is 35.9. The second-order valence-electron chi connectivity index (χ2n) is 5.37. The summed E-state index contributed by atoms with van der Waals surface area (Å²) in [5.41, 5.74) is -0.768. The topological polar surface area (TPSA) is 49.3 Å². The van der Waals surface area contributed by atoms with Crippen molar-refractivity contribution >= 4 is 5.97 Å². The number of carboxylic acid groups (broad SMARTS) is 1. The van der Waals surface area contributed by atoms with E-state index in [1.807, 2.05) is 0 Å². The van der Waals surface area contributed by atoms with Gasteiger partial charge in [-0.15, -0.1) is 0 Å². The van der Waals surface area contributed by atoms with Gasteiger partial charge in [0.25, 0.3) is 0 Å². The van der Waals surface area contributed by atoms with Crippen LogP contribution in [0.3, 0.4) is 0 Å². The van der Waals surface area contributed by atoms with Crippen LogP contribution in [0.25, 0.3) is 0 Å². The highest BCUT2D eigenvalue weighted by molar-refractivity contribution is 5.80. The summed E-state index contributed by atoms with van der Waals surface area (Å²) >= 11 is 0. The average Bonchev–Trinajstić information content (AvgIpc) is 2.79. The Balaban J connectivity index is 2.23. The summed E-state index contributed by atoms with van der Waals surface area (Å²) in [5.74, 6) is -0.660. The summed E-state index contributed by atoms with van der Waals surface area (Å²) in [6.45, 7) is 4.15. The molecule has 0 saturated heterocycles. The Bertz CT molecular complexity index is 258. The number of hydrogen-bond acceptors (Lipinski definition) is 2. The fourth-order valence-electron chi connectivity index (χ4n) is 2.65. The molecule has 14 heavy (non-hydrogen) atoms. The van der Waals surface area contributed by atoms with Gasteiger partial charge in [-0.2, -0.15) is 0 Å². The minimum Gasteiger partial charge on any atom is -0.480 e. The third-order valence-electron chi connectivity index (χ3n) is 3.90. The molecule has 2 fully saturated rings. The average molecular weight is 197 g/mol. The van der Waals surface area contributed by atoms with Crippen molar-refractivity contribution in [2.75, 3.05) is 0 Å².